The summed E-state index contributed by atoms with van der Waals surface area (Å²) in [6.07, 6.45) is 0. The number of benzene rings is 1. The second-order valence-electron chi connectivity index (χ2n) is 4.64. The first kappa shape index (κ1) is 16.5. The molecule has 1 rings (SSSR count). The first-order chi connectivity index (χ1) is 9.85. The average Bonchev–Trinajstić information content (AvgIpc) is 2.46. The molecule has 3 N–H and O–H groups in total. The minimum atomic E-state index is -0.993. The number of carbonyl (C=O) groups is 3. The molecule has 0 fully saturated rings. The zero-order valence-electron chi connectivity index (χ0n) is 12.2. The Morgan fingerprint density at radius 2 is 1.81 bits per heavy atom. The van der Waals surface area contributed by atoms with Gasteiger partial charge in [0.2, 0.25) is 5.91 Å². The quantitative estimate of drug-likeness (QED) is 0.742. The van der Waals surface area contributed by atoms with E-state index in [1.54, 1.807) is 26.1 Å². The van der Waals surface area contributed by atoms with Gasteiger partial charge in [0.1, 0.15) is 6.04 Å². The number of urea groups is 1. The maximum atomic E-state index is 11.9. The summed E-state index contributed by atoms with van der Waals surface area (Å²) < 4.78 is 0. The van der Waals surface area contributed by atoms with Gasteiger partial charge in [-0.2, -0.15) is 0 Å². The zero-order chi connectivity index (χ0) is 16.0. The van der Waals surface area contributed by atoms with Crippen LogP contribution < -0.4 is 10.6 Å². The number of hydrogen-bond acceptors (Lipinski definition) is 3. The molecule has 114 valence electrons. The number of carbonyl (C=O) groups excluding carboxylic acids is 2. The van der Waals surface area contributed by atoms with Crippen LogP contribution in [0.3, 0.4) is 0 Å². The Kier molecular flexibility index (Phi) is 5.71. The second-order valence-corrected chi connectivity index (χ2v) is 4.64. The number of rotatable bonds is 5. The number of carboxylic acid groups (broad SMARTS) is 1. The van der Waals surface area contributed by atoms with Crippen molar-refractivity contribution in [2.45, 2.75) is 19.5 Å². The van der Waals surface area contributed by atoms with Crippen molar-refractivity contribution in [1.29, 1.82) is 0 Å². The molecule has 0 aromatic heterocycles. The topological polar surface area (TPSA) is 98.7 Å². The van der Waals surface area contributed by atoms with Crippen LogP contribution in [-0.2, 0) is 11.3 Å². The van der Waals surface area contributed by atoms with Crippen molar-refractivity contribution in [3.8, 4) is 0 Å². The van der Waals surface area contributed by atoms with Crippen molar-refractivity contribution < 1.29 is 19.5 Å². The molecule has 0 spiro atoms. The number of hydrogen-bond donors (Lipinski definition) is 3. The van der Waals surface area contributed by atoms with Crippen molar-refractivity contribution in [3.05, 3.63) is 35.4 Å². The molecule has 0 bridgehead atoms. The second kappa shape index (κ2) is 7.28. The lowest BCUT2D eigenvalue weighted by atomic mass is 10.1. The Labute approximate surface area is 122 Å². The molecule has 0 saturated heterocycles. The predicted octanol–water partition coefficient (Wildman–Crippen LogP) is 0.661. The van der Waals surface area contributed by atoms with E-state index in [9.17, 15) is 14.4 Å². The third-order valence-electron chi connectivity index (χ3n) is 2.95. The van der Waals surface area contributed by atoms with Crippen molar-refractivity contribution in [1.82, 2.24) is 15.5 Å². The van der Waals surface area contributed by atoms with Gasteiger partial charge in [0.25, 0.3) is 0 Å². The van der Waals surface area contributed by atoms with Crippen LogP contribution in [0.2, 0.25) is 0 Å². The van der Waals surface area contributed by atoms with Crippen LogP contribution in [0.15, 0.2) is 24.3 Å². The van der Waals surface area contributed by atoms with E-state index in [2.05, 4.69) is 10.6 Å². The smallest absolute Gasteiger partial charge is 0.335 e. The molecule has 7 heteroatoms. The van der Waals surface area contributed by atoms with E-state index in [1.165, 1.54) is 24.1 Å². The van der Waals surface area contributed by atoms with Crippen LogP contribution >= 0.6 is 0 Å². The Morgan fingerprint density at radius 1 is 1.24 bits per heavy atom. The molecule has 7 nitrogen and oxygen atoms in total. The van der Waals surface area contributed by atoms with Crippen molar-refractivity contribution in [2.75, 3.05) is 14.1 Å². The lowest BCUT2D eigenvalue weighted by molar-refractivity contribution is -0.122. The van der Waals surface area contributed by atoms with Gasteiger partial charge in [-0.25, -0.2) is 9.59 Å². The number of nitrogens with one attached hydrogen (secondary N) is 2. The molecule has 0 aliphatic heterocycles. The summed E-state index contributed by atoms with van der Waals surface area (Å²) in [6.45, 7) is 1.90. The normalized spacial score (nSPS) is 11.4. The lowest BCUT2D eigenvalue weighted by Crippen LogP contribution is -2.47. The Morgan fingerprint density at radius 3 is 2.29 bits per heavy atom. The van der Waals surface area contributed by atoms with Crippen LogP contribution in [0.4, 0.5) is 4.79 Å². The first-order valence-corrected chi connectivity index (χ1v) is 6.40. The number of carboxylic acids is 1. The van der Waals surface area contributed by atoms with Crippen molar-refractivity contribution >= 4 is 17.9 Å². The minimum Gasteiger partial charge on any atom is -0.478 e. The van der Waals surface area contributed by atoms with Gasteiger partial charge in [-0.3, -0.25) is 4.79 Å². The van der Waals surface area contributed by atoms with Crippen LogP contribution in [0.5, 0.6) is 0 Å². The predicted molar refractivity (Wildman–Crippen MR) is 76.9 cm³/mol. The molecule has 1 unspecified atom stereocenters. The highest BCUT2D eigenvalue weighted by molar-refractivity contribution is 5.87. The minimum absolute atomic E-state index is 0.194. The standard InChI is InChI=1S/C14H19N3O4/c1-9(12(18)15-2)16-14(21)17(3)8-10-4-6-11(7-5-10)13(19)20/h4-7,9H,8H2,1-3H3,(H,15,18)(H,16,21)(H,19,20). The van der Waals surface area contributed by atoms with Gasteiger partial charge < -0.3 is 20.6 Å². The molecule has 0 aliphatic carbocycles. The molecule has 0 saturated carbocycles. The number of likely N-dealkylation sites (N-methyl/N-ethyl adjacent to an activating group) is 1. The molecule has 1 aromatic rings. The third kappa shape index (κ3) is 4.79. The zero-order valence-corrected chi connectivity index (χ0v) is 12.2. The monoisotopic (exact) mass is 293 g/mol. The van der Waals surface area contributed by atoms with Gasteiger partial charge in [0, 0.05) is 20.6 Å². The van der Waals surface area contributed by atoms with E-state index >= 15 is 0 Å². The van der Waals surface area contributed by atoms with Crippen molar-refractivity contribution in [2.24, 2.45) is 0 Å². The molecule has 1 aromatic carbocycles. The molecule has 1 atom stereocenters. The molecule has 21 heavy (non-hydrogen) atoms. The van der Waals surface area contributed by atoms with Crippen LogP contribution in [-0.4, -0.2) is 48.1 Å². The van der Waals surface area contributed by atoms with Gasteiger partial charge in [-0.1, -0.05) is 12.1 Å². The van der Waals surface area contributed by atoms with Crippen LogP contribution in [0.25, 0.3) is 0 Å². The van der Waals surface area contributed by atoms with E-state index in [0.717, 1.165) is 5.56 Å². The van der Waals surface area contributed by atoms with E-state index < -0.39 is 12.0 Å². The first-order valence-electron chi connectivity index (χ1n) is 6.40. The van der Waals surface area contributed by atoms with Gasteiger partial charge >= 0.3 is 12.0 Å². The highest BCUT2D eigenvalue weighted by Gasteiger charge is 2.16. The van der Waals surface area contributed by atoms with Gasteiger partial charge in [0.15, 0.2) is 0 Å². The van der Waals surface area contributed by atoms with E-state index in [-0.39, 0.29) is 17.5 Å². The summed E-state index contributed by atoms with van der Waals surface area (Å²) in [6, 6.07) is 5.26. The number of nitrogens with zero attached hydrogens (tertiary/aromatic N) is 1. The fourth-order valence-corrected chi connectivity index (χ4v) is 1.68. The summed E-state index contributed by atoms with van der Waals surface area (Å²) in [4.78, 5) is 35.4. The van der Waals surface area contributed by atoms with Crippen LogP contribution in [0.1, 0.15) is 22.8 Å². The van der Waals surface area contributed by atoms with Gasteiger partial charge in [0.05, 0.1) is 5.56 Å². The number of aromatic carboxylic acids is 1. The maximum absolute atomic E-state index is 11.9. The fraction of sp³-hybridized carbons (Fsp3) is 0.357. The third-order valence-corrected chi connectivity index (χ3v) is 2.95. The molecular formula is C14H19N3O4. The number of amides is 3. The average molecular weight is 293 g/mol. The van der Waals surface area contributed by atoms with E-state index in [4.69, 9.17) is 5.11 Å². The molecule has 0 heterocycles. The SMILES string of the molecule is CNC(=O)C(C)NC(=O)N(C)Cc1ccc(C(=O)O)cc1. The Balaban J connectivity index is 2.59. The van der Waals surface area contributed by atoms with Gasteiger partial charge in [-0.15, -0.1) is 0 Å². The summed E-state index contributed by atoms with van der Waals surface area (Å²) in [7, 11) is 3.09. The van der Waals surface area contributed by atoms with E-state index in [1.807, 2.05) is 0 Å². The molecule has 0 radical (unpaired) electrons. The Bertz CT molecular complexity index is 528. The maximum Gasteiger partial charge on any atom is 0.335 e. The lowest BCUT2D eigenvalue weighted by Gasteiger charge is -2.20. The fourth-order valence-electron chi connectivity index (χ4n) is 1.68. The largest absolute Gasteiger partial charge is 0.478 e. The summed E-state index contributed by atoms with van der Waals surface area (Å²) >= 11 is 0. The van der Waals surface area contributed by atoms with Crippen LogP contribution in [0, 0.1) is 0 Å². The molecule has 0 aliphatic rings. The summed E-state index contributed by atoms with van der Waals surface area (Å²) in [5.41, 5.74) is 0.990. The van der Waals surface area contributed by atoms with Crippen molar-refractivity contribution in [3.63, 3.8) is 0 Å². The summed E-state index contributed by atoms with van der Waals surface area (Å²) in [5.74, 6) is -1.27. The van der Waals surface area contributed by atoms with Gasteiger partial charge in [-0.05, 0) is 24.6 Å². The highest BCUT2D eigenvalue weighted by atomic mass is 16.4. The highest BCUT2D eigenvalue weighted by Crippen LogP contribution is 2.07. The summed E-state index contributed by atoms with van der Waals surface area (Å²) in [5, 5.41) is 13.8. The molecular weight excluding hydrogens is 274 g/mol. The van der Waals surface area contributed by atoms with E-state index in [0.29, 0.717) is 6.54 Å². The Hall–Kier alpha value is -2.57. The molecule has 3 amide bonds.